The van der Waals surface area contributed by atoms with Crippen LogP contribution in [0.3, 0.4) is 0 Å². The fourth-order valence-corrected chi connectivity index (χ4v) is 4.40. The molecule has 5 rings (SSSR count). The van der Waals surface area contributed by atoms with Crippen molar-refractivity contribution in [3.63, 3.8) is 0 Å². The maximum absolute atomic E-state index is 5.27. The second-order valence-corrected chi connectivity index (χ2v) is 7.59. The summed E-state index contributed by atoms with van der Waals surface area (Å²) in [6, 6.07) is 4.35. The number of ether oxygens (including phenoxy) is 2. The first-order chi connectivity index (χ1) is 14.2. The van der Waals surface area contributed by atoms with E-state index in [1.807, 2.05) is 16.8 Å². The summed E-state index contributed by atoms with van der Waals surface area (Å²) in [6.45, 7) is 3.82. The Morgan fingerprint density at radius 3 is 2.69 bits per heavy atom. The van der Waals surface area contributed by atoms with Gasteiger partial charge in [-0.2, -0.15) is 5.10 Å². The molecule has 29 heavy (non-hydrogen) atoms. The lowest BCUT2D eigenvalue weighted by atomic mass is 9.91. The highest BCUT2D eigenvalue weighted by atomic mass is 16.5. The van der Waals surface area contributed by atoms with E-state index in [0.29, 0.717) is 17.8 Å². The van der Waals surface area contributed by atoms with Crippen LogP contribution in [-0.2, 0) is 25.9 Å². The van der Waals surface area contributed by atoms with Crippen LogP contribution in [0.15, 0.2) is 24.5 Å². The third-order valence-electron chi connectivity index (χ3n) is 5.99. The maximum Gasteiger partial charge on any atom is 0.232 e. The molecule has 0 fully saturated rings. The highest BCUT2D eigenvalue weighted by molar-refractivity contribution is 5.40. The molecule has 1 aliphatic heterocycles. The number of aromatic nitrogens is 5. The van der Waals surface area contributed by atoms with Crippen molar-refractivity contribution >= 4 is 0 Å². The minimum atomic E-state index is 0.466. The van der Waals surface area contributed by atoms with Crippen molar-refractivity contribution in [2.75, 3.05) is 14.2 Å². The molecule has 150 valence electrons. The van der Waals surface area contributed by atoms with E-state index in [1.54, 1.807) is 26.6 Å². The Kier molecular flexibility index (Phi) is 4.43. The summed E-state index contributed by atoms with van der Waals surface area (Å²) in [5.74, 6) is 1.18. The van der Waals surface area contributed by atoms with E-state index in [9.17, 15) is 0 Å². The van der Waals surface area contributed by atoms with E-state index in [4.69, 9.17) is 14.6 Å². The molecule has 1 unspecified atom stereocenters. The van der Waals surface area contributed by atoms with Crippen LogP contribution in [0.5, 0.6) is 11.8 Å². The van der Waals surface area contributed by atoms with Gasteiger partial charge in [0.05, 0.1) is 43.2 Å². The Morgan fingerprint density at radius 2 is 1.86 bits per heavy atom. The molecule has 4 heterocycles. The molecule has 8 heteroatoms. The van der Waals surface area contributed by atoms with Crippen molar-refractivity contribution in [2.45, 2.75) is 45.3 Å². The van der Waals surface area contributed by atoms with Crippen molar-refractivity contribution in [1.82, 2.24) is 29.6 Å². The number of nitrogens with zero attached hydrogens (tertiary/aromatic N) is 6. The van der Waals surface area contributed by atoms with Gasteiger partial charge in [-0.25, -0.2) is 14.6 Å². The normalized spacial score (nSPS) is 18.4. The van der Waals surface area contributed by atoms with Crippen LogP contribution in [-0.4, -0.2) is 49.9 Å². The number of fused-ring (bicyclic) bond motifs is 2. The fourth-order valence-electron chi connectivity index (χ4n) is 4.40. The summed E-state index contributed by atoms with van der Waals surface area (Å²) in [6.07, 6.45) is 6.53. The van der Waals surface area contributed by atoms with Crippen LogP contribution < -0.4 is 9.47 Å². The van der Waals surface area contributed by atoms with E-state index in [-0.39, 0.29) is 0 Å². The van der Waals surface area contributed by atoms with Gasteiger partial charge in [0.25, 0.3) is 0 Å². The first-order valence-corrected chi connectivity index (χ1v) is 9.87. The van der Waals surface area contributed by atoms with Gasteiger partial charge >= 0.3 is 0 Å². The lowest BCUT2D eigenvalue weighted by Crippen LogP contribution is -2.35. The maximum atomic E-state index is 5.27. The second-order valence-electron chi connectivity index (χ2n) is 7.59. The lowest BCUT2D eigenvalue weighted by Gasteiger charge is -2.30. The van der Waals surface area contributed by atoms with Crippen LogP contribution in [0.4, 0.5) is 0 Å². The van der Waals surface area contributed by atoms with Crippen molar-refractivity contribution in [3.8, 4) is 17.4 Å². The van der Waals surface area contributed by atoms with Crippen LogP contribution >= 0.6 is 0 Å². The fraction of sp³-hybridized carbons (Fsp3) is 0.429. The summed E-state index contributed by atoms with van der Waals surface area (Å²) in [5.41, 5.74) is 6.82. The molecule has 0 bridgehead atoms. The molecule has 1 aliphatic carbocycles. The zero-order valence-electron chi connectivity index (χ0n) is 16.9. The summed E-state index contributed by atoms with van der Waals surface area (Å²) in [7, 11) is 3.26. The molecule has 3 aromatic rings. The molecule has 1 atom stereocenters. The van der Waals surface area contributed by atoms with Gasteiger partial charge in [-0.15, -0.1) is 0 Å². The highest BCUT2D eigenvalue weighted by Gasteiger charge is 2.33. The molecule has 3 aromatic heterocycles. The van der Waals surface area contributed by atoms with Crippen LogP contribution in [0, 0.1) is 6.92 Å². The van der Waals surface area contributed by atoms with Gasteiger partial charge < -0.3 is 9.47 Å². The molecule has 0 saturated carbocycles. The highest BCUT2D eigenvalue weighted by Crippen LogP contribution is 2.32. The van der Waals surface area contributed by atoms with E-state index in [1.165, 1.54) is 17.0 Å². The smallest absolute Gasteiger partial charge is 0.232 e. The third kappa shape index (κ3) is 3.13. The van der Waals surface area contributed by atoms with E-state index >= 15 is 0 Å². The van der Waals surface area contributed by atoms with Crippen LogP contribution in [0.25, 0.3) is 5.69 Å². The largest absolute Gasteiger partial charge is 0.481 e. The molecular weight excluding hydrogens is 368 g/mol. The Hall–Kier alpha value is -3.00. The molecule has 8 nitrogen and oxygen atoms in total. The molecule has 0 spiro atoms. The second kappa shape index (κ2) is 7.11. The number of hydrogen-bond donors (Lipinski definition) is 0. The number of pyridine rings is 1. The van der Waals surface area contributed by atoms with Crippen LogP contribution in [0.2, 0.25) is 0 Å². The Balaban J connectivity index is 1.38. The van der Waals surface area contributed by atoms with Gasteiger partial charge in [-0.3, -0.25) is 9.88 Å². The van der Waals surface area contributed by atoms with Crippen LogP contribution in [0.1, 0.15) is 34.8 Å². The summed E-state index contributed by atoms with van der Waals surface area (Å²) < 4.78 is 12.5. The van der Waals surface area contributed by atoms with E-state index < -0.39 is 0 Å². The Labute approximate surface area is 169 Å². The van der Waals surface area contributed by atoms with Gasteiger partial charge in [0.2, 0.25) is 11.8 Å². The number of methoxy groups -OCH3 is 2. The van der Waals surface area contributed by atoms with Crippen molar-refractivity contribution in [2.24, 2.45) is 0 Å². The monoisotopic (exact) mass is 392 g/mol. The third-order valence-corrected chi connectivity index (χ3v) is 5.99. The zero-order valence-corrected chi connectivity index (χ0v) is 16.9. The predicted octanol–water partition coefficient (Wildman–Crippen LogP) is 2.26. The summed E-state index contributed by atoms with van der Waals surface area (Å²) in [5, 5.41) is 4.89. The minimum absolute atomic E-state index is 0.466. The van der Waals surface area contributed by atoms with Crippen molar-refractivity contribution < 1.29 is 9.47 Å². The zero-order chi connectivity index (χ0) is 20.0. The first-order valence-electron chi connectivity index (χ1n) is 9.87. The topological polar surface area (TPSA) is 78.2 Å². The number of hydrogen-bond acceptors (Lipinski definition) is 7. The molecule has 0 amide bonds. The number of rotatable bonds is 4. The predicted molar refractivity (Wildman–Crippen MR) is 106 cm³/mol. The average molecular weight is 392 g/mol. The molecular formula is C21H24N6O2. The number of aryl methyl sites for hydroxylation is 1. The molecule has 0 radical (unpaired) electrons. The van der Waals surface area contributed by atoms with E-state index in [0.717, 1.165) is 49.4 Å². The van der Waals surface area contributed by atoms with Gasteiger partial charge in [-0.05, 0) is 37.8 Å². The van der Waals surface area contributed by atoms with Gasteiger partial charge in [0.15, 0.2) is 0 Å². The molecule has 0 N–H and O–H groups in total. The standard InChI is InChI=1S/C21H24N6O2/c1-13-16-8-14(26-11-18-19(12-26)24-21(29-3)10-23-18)4-5-17(16)25-27(13)15-6-7-22-20(9-15)28-2/h6-7,9-10,14H,4-5,8,11-12H2,1-3H3. The molecule has 0 aromatic carbocycles. The quantitative estimate of drug-likeness (QED) is 0.674. The van der Waals surface area contributed by atoms with E-state index in [2.05, 4.69) is 26.8 Å². The van der Waals surface area contributed by atoms with Gasteiger partial charge in [-0.1, -0.05) is 0 Å². The van der Waals surface area contributed by atoms with Crippen molar-refractivity contribution in [3.05, 3.63) is 52.9 Å². The SMILES string of the molecule is COc1cc(-n2nc3c(c2C)CC(N2Cc4ncc(OC)nc4C2)CC3)ccn1. The van der Waals surface area contributed by atoms with Gasteiger partial charge in [0, 0.05) is 37.1 Å². The minimum Gasteiger partial charge on any atom is -0.481 e. The first kappa shape index (κ1) is 18.1. The Morgan fingerprint density at radius 1 is 1.03 bits per heavy atom. The van der Waals surface area contributed by atoms with Crippen molar-refractivity contribution in [1.29, 1.82) is 0 Å². The summed E-state index contributed by atoms with van der Waals surface area (Å²) in [4.78, 5) is 15.8. The molecule has 2 aliphatic rings. The Bertz CT molecular complexity index is 1060. The lowest BCUT2D eigenvalue weighted by molar-refractivity contribution is 0.179. The van der Waals surface area contributed by atoms with Gasteiger partial charge in [0.1, 0.15) is 0 Å². The summed E-state index contributed by atoms with van der Waals surface area (Å²) >= 11 is 0. The molecule has 0 saturated heterocycles. The average Bonchev–Trinajstić information content (AvgIpc) is 3.34.